The third kappa shape index (κ3) is 4.45. The smallest absolute Gasteiger partial charge is 0.261 e. The minimum Gasteiger partial charge on any atom is -0.368 e. The van der Waals surface area contributed by atoms with Crippen LogP contribution in [0.15, 0.2) is 71.6 Å². The van der Waals surface area contributed by atoms with E-state index in [1.165, 1.54) is 0 Å². The van der Waals surface area contributed by atoms with Gasteiger partial charge in [0.1, 0.15) is 0 Å². The van der Waals surface area contributed by atoms with E-state index in [0.29, 0.717) is 12.2 Å². The van der Waals surface area contributed by atoms with Crippen molar-refractivity contribution in [2.45, 2.75) is 24.4 Å². The van der Waals surface area contributed by atoms with Crippen molar-refractivity contribution in [2.24, 2.45) is 5.73 Å². The number of primary amides is 1. The Morgan fingerprint density at radius 2 is 1.78 bits per heavy atom. The fraction of sp³-hybridized carbons (Fsp3) is 0.150. The number of anilines is 1. The number of fused-ring (bicyclic) bond motifs is 1. The van der Waals surface area contributed by atoms with Gasteiger partial charge in [0, 0.05) is 12.2 Å². The fourth-order valence-corrected chi connectivity index (χ4v) is 3.82. The first-order valence-electron chi connectivity index (χ1n) is 8.49. The third-order valence-corrected chi connectivity index (χ3v) is 5.70. The predicted molar refractivity (Wildman–Crippen MR) is 107 cm³/mol. The maximum atomic E-state index is 12.5. The zero-order chi connectivity index (χ0) is 19.4. The Morgan fingerprint density at radius 1 is 1.04 bits per heavy atom. The van der Waals surface area contributed by atoms with Crippen LogP contribution in [0.2, 0.25) is 0 Å². The highest BCUT2D eigenvalue weighted by Crippen LogP contribution is 2.24. The van der Waals surface area contributed by atoms with E-state index in [0.717, 1.165) is 16.3 Å². The van der Waals surface area contributed by atoms with Gasteiger partial charge in [-0.1, -0.05) is 42.5 Å². The van der Waals surface area contributed by atoms with Crippen molar-refractivity contribution >= 4 is 32.4 Å². The number of rotatable bonds is 7. The molecular weight excluding hydrogens is 362 g/mol. The van der Waals surface area contributed by atoms with Crippen molar-refractivity contribution in [3.8, 4) is 0 Å². The first-order chi connectivity index (χ1) is 12.9. The molecule has 27 heavy (non-hydrogen) atoms. The molecule has 0 aromatic heterocycles. The van der Waals surface area contributed by atoms with Gasteiger partial charge in [-0.15, -0.1) is 0 Å². The largest absolute Gasteiger partial charge is 0.368 e. The van der Waals surface area contributed by atoms with E-state index in [1.807, 2.05) is 24.3 Å². The van der Waals surface area contributed by atoms with Crippen LogP contribution in [-0.2, 0) is 21.4 Å². The molecule has 0 aliphatic rings. The molecule has 3 rings (SSSR count). The number of hydrogen-bond donors (Lipinski definition) is 3. The lowest BCUT2D eigenvalue weighted by Gasteiger charge is -2.13. The number of hydrogen-bond acceptors (Lipinski definition) is 4. The van der Waals surface area contributed by atoms with Crippen molar-refractivity contribution < 1.29 is 13.2 Å². The topological polar surface area (TPSA) is 101 Å². The van der Waals surface area contributed by atoms with Gasteiger partial charge < -0.3 is 11.1 Å². The number of carbonyl (C=O) groups is 1. The minimum absolute atomic E-state index is 0.212. The number of carbonyl (C=O) groups excluding carboxylic acids is 1. The molecule has 0 bridgehead atoms. The summed E-state index contributed by atoms with van der Waals surface area (Å²) < 4.78 is 27.6. The first kappa shape index (κ1) is 18.9. The van der Waals surface area contributed by atoms with Gasteiger partial charge in [0.05, 0.1) is 10.9 Å². The molecule has 1 amide bonds. The molecular formula is C20H21N3O3S. The standard InChI is InChI=1S/C20H21N3O3S/c1-14(20(21)24)22-13-16-7-5-6-15-12-17(10-11-19(15)16)23-27(25,26)18-8-3-2-4-9-18/h2-12,14,22-23H,13H2,1H3,(H2,21,24). The summed E-state index contributed by atoms with van der Waals surface area (Å²) in [6, 6.07) is 18.9. The molecule has 140 valence electrons. The molecule has 1 unspecified atom stereocenters. The van der Waals surface area contributed by atoms with Crippen LogP contribution in [0, 0.1) is 0 Å². The second kappa shape index (κ2) is 7.77. The molecule has 4 N–H and O–H groups in total. The van der Waals surface area contributed by atoms with Gasteiger partial charge >= 0.3 is 0 Å². The maximum absolute atomic E-state index is 12.5. The number of nitrogens with one attached hydrogen (secondary N) is 2. The van der Waals surface area contributed by atoms with Crippen LogP contribution >= 0.6 is 0 Å². The van der Waals surface area contributed by atoms with Crippen LogP contribution in [0.4, 0.5) is 5.69 Å². The maximum Gasteiger partial charge on any atom is 0.261 e. The summed E-state index contributed by atoms with van der Waals surface area (Å²) in [7, 11) is -3.64. The lowest BCUT2D eigenvalue weighted by atomic mass is 10.0. The fourth-order valence-electron chi connectivity index (χ4n) is 2.75. The molecule has 7 heteroatoms. The molecule has 1 atom stereocenters. The van der Waals surface area contributed by atoms with Crippen molar-refractivity contribution in [1.82, 2.24) is 5.32 Å². The van der Waals surface area contributed by atoms with Crippen LogP contribution in [0.1, 0.15) is 12.5 Å². The van der Waals surface area contributed by atoms with Crippen molar-refractivity contribution in [3.63, 3.8) is 0 Å². The number of nitrogens with two attached hydrogens (primary N) is 1. The van der Waals surface area contributed by atoms with Crippen LogP contribution in [0.5, 0.6) is 0 Å². The quantitative estimate of drug-likeness (QED) is 0.584. The molecule has 3 aromatic carbocycles. The number of sulfonamides is 1. The van der Waals surface area contributed by atoms with Crippen molar-refractivity contribution in [3.05, 3.63) is 72.3 Å². The van der Waals surface area contributed by atoms with Crippen molar-refractivity contribution in [1.29, 1.82) is 0 Å². The molecule has 0 fully saturated rings. The van der Waals surface area contributed by atoms with E-state index >= 15 is 0 Å². The van der Waals surface area contributed by atoms with Gasteiger partial charge in [-0.2, -0.15) is 0 Å². The van der Waals surface area contributed by atoms with Crippen LogP contribution in [0.25, 0.3) is 10.8 Å². The molecule has 0 saturated carbocycles. The van der Waals surface area contributed by atoms with Crippen LogP contribution in [0.3, 0.4) is 0 Å². The van der Waals surface area contributed by atoms with Gasteiger partial charge in [0.25, 0.3) is 10.0 Å². The van der Waals surface area contributed by atoms with E-state index in [2.05, 4.69) is 10.0 Å². The molecule has 3 aromatic rings. The molecule has 0 radical (unpaired) electrons. The Labute approximate surface area is 158 Å². The Hall–Kier alpha value is -2.90. The second-order valence-corrected chi connectivity index (χ2v) is 7.96. The third-order valence-electron chi connectivity index (χ3n) is 4.30. The summed E-state index contributed by atoms with van der Waals surface area (Å²) >= 11 is 0. The molecule has 6 nitrogen and oxygen atoms in total. The minimum atomic E-state index is -3.64. The Bertz CT molecular complexity index is 1070. The predicted octanol–water partition coefficient (Wildman–Crippen LogP) is 2.60. The van der Waals surface area contributed by atoms with E-state index in [-0.39, 0.29) is 4.90 Å². The van der Waals surface area contributed by atoms with Crippen molar-refractivity contribution in [2.75, 3.05) is 4.72 Å². The molecule has 0 aliphatic heterocycles. The van der Waals surface area contributed by atoms with Gasteiger partial charge in [-0.25, -0.2) is 8.42 Å². The van der Waals surface area contributed by atoms with E-state index < -0.39 is 22.0 Å². The van der Waals surface area contributed by atoms with Crippen LogP contribution < -0.4 is 15.8 Å². The first-order valence-corrected chi connectivity index (χ1v) is 9.97. The highest BCUT2D eigenvalue weighted by Gasteiger charge is 2.14. The van der Waals surface area contributed by atoms with Crippen LogP contribution in [-0.4, -0.2) is 20.4 Å². The van der Waals surface area contributed by atoms with E-state index in [4.69, 9.17) is 5.73 Å². The second-order valence-electron chi connectivity index (χ2n) is 6.28. The average molecular weight is 383 g/mol. The lowest BCUT2D eigenvalue weighted by Crippen LogP contribution is -2.38. The lowest BCUT2D eigenvalue weighted by molar-refractivity contribution is -0.119. The number of amides is 1. The zero-order valence-corrected chi connectivity index (χ0v) is 15.7. The Morgan fingerprint density at radius 3 is 2.48 bits per heavy atom. The van der Waals surface area contributed by atoms with Gasteiger partial charge in [0.15, 0.2) is 0 Å². The number of benzene rings is 3. The summed E-state index contributed by atoms with van der Waals surface area (Å²) in [5.41, 5.74) is 6.76. The van der Waals surface area contributed by atoms with Gasteiger partial charge in [0.2, 0.25) is 5.91 Å². The Balaban J connectivity index is 1.85. The highest BCUT2D eigenvalue weighted by molar-refractivity contribution is 7.92. The van der Waals surface area contributed by atoms with E-state index in [1.54, 1.807) is 49.4 Å². The summed E-state index contributed by atoms with van der Waals surface area (Å²) in [5, 5.41) is 4.95. The Kier molecular flexibility index (Phi) is 5.43. The molecule has 0 aliphatic carbocycles. The average Bonchev–Trinajstić information content (AvgIpc) is 2.66. The van der Waals surface area contributed by atoms with Gasteiger partial charge in [-0.3, -0.25) is 9.52 Å². The van der Waals surface area contributed by atoms with E-state index in [9.17, 15) is 13.2 Å². The monoisotopic (exact) mass is 383 g/mol. The molecule has 0 heterocycles. The normalized spacial score (nSPS) is 12.6. The summed E-state index contributed by atoms with van der Waals surface area (Å²) in [4.78, 5) is 11.4. The highest BCUT2D eigenvalue weighted by atomic mass is 32.2. The molecule has 0 spiro atoms. The summed E-state index contributed by atoms with van der Waals surface area (Å²) in [5.74, 6) is -0.409. The summed E-state index contributed by atoms with van der Waals surface area (Å²) in [6.07, 6.45) is 0. The SMILES string of the molecule is CC(NCc1cccc2cc(NS(=O)(=O)c3ccccc3)ccc12)C(N)=O. The zero-order valence-electron chi connectivity index (χ0n) is 14.8. The summed E-state index contributed by atoms with van der Waals surface area (Å²) in [6.45, 7) is 2.19. The van der Waals surface area contributed by atoms with Gasteiger partial charge in [-0.05, 0) is 47.5 Å². The molecule has 0 saturated heterocycles.